The van der Waals surface area contributed by atoms with E-state index in [2.05, 4.69) is 12.2 Å². The van der Waals surface area contributed by atoms with Crippen molar-refractivity contribution in [2.24, 2.45) is 0 Å². The Labute approximate surface area is 125 Å². The zero-order valence-electron chi connectivity index (χ0n) is 11.1. The Morgan fingerprint density at radius 3 is 2.63 bits per heavy atom. The lowest BCUT2D eigenvalue weighted by molar-refractivity contribution is 0.525. The van der Waals surface area contributed by atoms with E-state index in [0.29, 0.717) is 11.4 Å². The van der Waals surface area contributed by atoms with E-state index in [1.54, 1.807) is 6.07 Å². The molecule has 0 fully saturated rings. The van der Waals surface area contributed by atoms with Crippen molar-refractivity contribution in [3.05, 3.63) is 28.2 Å². The molecule has 19 heavy (non-hydrogen) atoms. The zero-order valence-corrected chi connectivity index (χ0v) is 13.4. The molecule has 3 nitrogen and oxygen atoms in total. The highest BCUT2D eigenvalue weighted by molar-refractivity contribution is 7.91. The van der Waals surface area contributed by atoms with E-state index in [1.165, 1.54) is 12.1 Å². The molecular weight excluding hydrogens is 305 g/mol. The van der Waals surface area contributed by atoms with Crippen LogP contribution in [0.15, 0.2) is 23.1 Å². The fourth-order valence-electron chi connectivity index (χ4n) is 1.65. The lowest BCUT2D eigenvalue weighted by Gasteiger charge is -2.13. The summed E-state index contributed by atoms with van der Waals surface area (Å²) in [5.41, 5.74) is 0. The Kier molecular flexibility index (Phi) is 6.60. The Morgan fingerprint density at radius 1 is 1.32 bits per heavy atom. The third-order valence-electron chi connectivity index (χ3n) is 2.79. The predicted octanol–water partition coefficient (Wildman–Crippen LogP) is 3.55. The molecule has 1 N–H and O–H groups in total. The van der Waals surface area contributed by atoms with Crippen LogP contribution in [0.5, 0.6) is 0 Å². The lowest BCUT2D eigenvalue weighted by atomic mass is 10.2. The van der Waals surface area contributed by atoms with Crippen LogP contribution in [0.25, 0.3) is 0 Å². The van der Waals surface area contributed by atoms with Gasteiger partial charge in [-0.3, -0.25) is 0 Å². The molecule has 0 aliphatic heterocycles. The molecule has 1 rings (SSSR count). The van der Waals surface area contributed by atoms with Crippen LogP contribution in [-0.4, -0.2) is 26.8 Å². The van der Waals surface area contributed by atoms with Gasteiger partial charge in [0.25, 0.3) is 0 Å². The molecule has 0 aliphatic rings. The fourth-order valence-corrected chi connectivity index (χ4v) is 3.91. The maximum atomic E-state index is 12.2. The highest BCUT2D eigenvalue weighted by atomic mass is 35.5. The highest BCUT2D eigenvalue weighted by Gasteiger charge is 2.19. The van der Waals surface area contributed by atoms with Crippen LogP contribution in [0.1, 0.15) is 26.7 Å². The molecule has 108 valence electrons. The molecule has 0 spiro atoms. The van der Waals surface area contributed by atoms with Crippen LogP contribution >= 0.6 is 23.2 Å². The topological polar surface area (TPSA) is 46.2 Å². The number of hydrogen-bond acceptors (Lipinski definition) is 3. The first-order valence-electron chi connectivity index (χ1n) is 6.28. The second-order valence-electron chi connectivity index (χ2n) is 4.54. The van der Waals surface area contributed by atoms with Crippen molar-refractivity contribution in [1.29, 1.82) is 0 Å². The summed E-state index contributed by atoms with van der Waals surface area (Å²) >= 11 is 11.7. The van der Waals surface area contributed by atoms with Gasteiger partial charge in [-0.2, -0.15) is 0 Å². The van der Waals surface area contributed by atoms with Gasteiger partial charge in [-0.15, -0.1) is 0 Å². The van der Waals surface area contributed by atoms with Gasteiger partial charge in [0.1, 0.15) is 0 Å². The van der Waals surface area contributed by atoms with Crippen molar-refractivity contribution < 1.29 is 8.42 Å². The molecule has 6 heteroatoms. The van der Waals surface area contributed by atoms with Gasteiger partial charge in [0.05, 0.1) is 15.7 Å². The molecule has 0 aliphatic carbocycles. The molecule has 0 heterocycles. The molecule has 0 bridgehead atoms. The summed E-state index contributed by atoms with van der Waals surface area (Å²) in [5, 5.41) is 3.85. The first-order chi connectivity index (χ1) is 8.86. The van der Waals surface area contributed by atoms with Gasteiger partial charge >= 0.3 is 0 Å². The number of hydrogen-bond donors (Lipinski definition) is 1. The molecule has 1 aromatic rings. The summed E-state index contributed by atoms with van der Waals surface area (Å²) < 4.78 is 24.4. The smallest absolute Gasteiger partial charge is 0.179 e. The molecule has 0 saturated carbocycles. The largest absolute Gasteiger partial charge is 0.314 e. The molecule has 1 aromatic carbocycles. The van der Waals surface area contributed by atoms with Crippen molar-refractivity contribution >= 4 is 33.0 Å². The van der Waals surface area contributed by atoms with Gasteiger partial charge in [-0.1, -0.05) is 30.1 Å². The Hall–Kier alpha value is -0.290. The van der Waals surface area contributed by atoms with Gasteiger partial charge in [0.15, 0.2) is 9.84 Å². The highest BCUT2D eigenvalue weighted by Crippen LogP contribution is 2.26. The third-order valence-corrected chi connectivity index (χ3v) is 5.25. The standard InChI is InChI=1S/C13H19Cl2NO2S/c1-3-7-16-10(2)6-8-19(17,18)13-9-11(14)4-5-12(13)15/h4-5,9-10,16H,3,6-8H2,1-2H3. The molecule has 0 saturated heterocycles. The second-order valence-corrected chi connectivity index (χ2v) is 7.46. The number of sulfone groups is 1. The van der Waals surface area contributed by atoms with Crippen molar-refractivity contribution in [3.63, 3.8) is 0 Å². The van der Waals surface area contributed by atoms with Gasteiger partial charge in [-0.05, 0) is 44.5 Å². The third kappa shape index (κ3) is 5.30. The molecule has 0 aromatic heterocycles. The van der Waals surface area contributed by atoms with Crippen molar-refractivity contribution in [2.75, 3.05) is 12.3 Å². The molecule has 0 amide bonds. The van der Waals surface area contributed by atoms with Crippen LogP contribution < -0.4 is 5.32 Å². The van der Waals surface area contributed by atoms with Crippen LogP contribution in [0.4, 0.5) is 0 Å². The number of rotatable bonds is 7. The number of nitrogens with one attached hydrogen (secondary N) is 1. The van der Waals surface area contributed by atoms with Crippen molar-refractivity contribution in [3.8, 4) is 0 Å². The van der Waals surface area contributed by atoms with E-state index in [0.717, 1.165) is 13.0 Å². The average Bonchev–Trinajstić information content (AvgIpc) is 2.36. The van der Waals surface area contributed by atoms with E-state index in [4.69, 9.17) is 23.2 Å². The Bertz CT molecular complexity index is 517. The number of benzene rings is 1. The first kappa shape index (κ1) is 16.8. The average molecular weight is 324 g/mol. The van der Waals surface area contributed by atoms with Crippen LogP contribution in [-0.2, 0) is 9.84 Å². The van der Waals surface area contributed by atoms with Crippen molar-refractivity contribution in [2.45, 2.75) is 37.6 Å². The first-order valence-corrected chi connectivity index (χ1v) is 8.69. The summed E-state index contributed by atoms with van der Waals surface area (Å²) in [6, 6.07) is 4.65. The van der Waals surface area contributed by atoms with Crippen LogP contribution in [0.2, 0.25) is 10.0 Å². The quantitative estimate of drug-likeness (QED) is 0.834. The van der Waals surface area contributed by atoms with Crippen LogP contribution in [0.3, 0.4) is 0 Å². The normalized spacial score (nSPS) is 13.5. The fraction of sp³-hybridized carbons (Fsp3) is 0.538. The van der Waals surface area contributed by atoms with E-state index >= 15 is 0 Å². The van der Waals surface area contributed by atoms with Gasteiger partial charge in [-0.25, -0.2) is 8.42 Å². The lowest BCUT2D eigenvalue weighted by Crippen LogP contribution is -2.28. The van der Waals surface area contributed by atoms with Gasteiger partial charge in [0.2, 0.25) is 0 Å². The Morgan fingerprint density at radius 2 is 2.00 bits per heavy atom. The Balaban J connectivity index is 2.73. The molecule has 0 radical (unpaired) electrons. The minimum atomic E-state index is -3.39. The van der Waals surface area contributed by atoms with E-state index < -0.39 is 9.84 Å². The molecule has 1 atom stereocenters. The molecular formula is C13H19Cl2NO2S. The second kappa shape index (κ2) is 7.48. The monoisotopic (exact) mass is 323 g/mol. The SMILES string of the molecule is CCCNC(C)CCS(=O)(=O)c1cc(Cl)ccc1Cl. The maximum absolute atomic E-state index is 12.2. The van der Waals surface area contributed by atoms with Crippen molar-refractivity contribution in [1.82, 2.24) is 5.32 Å². The van der Waals surface area contributed by atoms with Gasteiger partial charge < -0.3 is 5.32 Å². The van der Waals surface area contributed by atoms with E-state index in [9.17, 15) is 8.42 Å². The zero-order chi connectivity index (χ0) is 14.5. The van der Waals surface area contributed by atoms with E-state index in [-0.39, 0.29) is 21.7 Å². The summed E-state index contributed by atoms with van der Waals surface area (Å²) in [6.07, 6.45) is 1.57. The minimum Gasteiger partial charge on any atom is -0.314 e. The minimum absolute atomic E-state index is 0.0605. The van der Waals surface area contributed by atoms with E-state index in [1.807, 2.05) is 6.92 Å². The number of halogens is 2. The maximum Gasteiger partial charge on any atom is 0.179 e. The predicted molar refractivity (Wildman–Crippen MR) is 80.9 cm³/mol. The summed E-state index contributed by atoms with van der Waals surface area (Å²) in [5.74, 6) is 0.0605. The summed E-state index contributed by atoms with van der Waals surface area (Å²) in [6.45, 7) is 4.94. The summed E-state index contributed by atoms with van der Waals surface area (Å²) in [7, 11) is -3.39. The molecule has 1 unspecified atom stereocenters. The van der Waals surface area contributed by atoms with Crippen LogP contribution in [0, 0.1) is 0 Å². The summed E-state index contributed by atoms with van der Waals surface area (Å²) in [4.78, 5) is 0.115. The van der Waals surface area contributed by atoms with Gasteiger partial charge in [0, 0.05) is 11.1 Å².